The molecule has 0 unspecified atom stereocenters. The maximum Gasteiger partial charge on any atom is 0.348 e. The molecule has 0 amide bonds. The van der Waals surface area contributed by atoms with Crippen LogP contribution in [0.25, 0.3) is 0 Å². The predicted octanol–water partition coefficient (Wildman–Crippen LogP) is 4.48. The van der Waals surface area contributed by atoms with Gasteiger partial charge in [-0.15, -0.1) is 0 Å². The molecule has 5 aliphatic carbocycles. The molecule has 4 bridgehead atoms. The van der Waals surface area contributed by atoms with Crippen LogP contribution in [0.3, 0.4) is 0 Å². The maximum atomic E-state index is 14.4. The third-order valence-electron chi connectivity index (χ3n) is 12.3. The Kier molecular flexibility index (Phi) is 3.08. The van der Waals surface area contributed by atoms with Crippen LogP contribution in [0, 0.1) is 22.2 Å². The van der Waals surface area contributed by atoms with Gasteiger partial charge in [-0.2, -0.15) is 0 Å². The van der Waals surface area contributed by atoms with Crippen LogP contribution >= 0.6 is 0 Å². The van der Waals surface area contributed by atoms with Crippen molar-refractivity contribution in [3.63, 3.8) is 0 Å². The smallest absolute Gasteiger partial charge is 0.246 e. The molecule has 7 aliphatic rings. The van der Waals surface area contributed by atoms with Crippen LogP contribution in [0.4, 0.5) is 0 Å². The van der Waals surface area contributed by atoms with Crippen molar-refractivity contribution in [2.24, 2.45) is 22.2 Å². The lowest BCUT2D eigenvalue weighted by Crippen LogP contribution is -2.74. The maximum absolute atomic E-state index is 14.4. The van der Waals surface area contributed by atoms with Gasteiger partial charge in [0.05, 0.1) is 17.0 Å². The lowest BCUT2D eigenvalue weighted by molar-refractivity contribution is -0.0557. The molecule has 0 N–H and O–H groups in total. The Morgan fingerprint density at radius 3 is 2.41 bits per heavy atom. The standard InChI is InChI=1S/C29H33N3O2/c1-25(2)19-10-12-26(25,3)22(17-19)30-23(33)31-21-11-13-27(4,32(31)24(30)34)29-16-15-28(21,29)14-9-18-7-5-6-8-20(18)29/h5-8,11,13,15-16,19,21-22H,9-10,12,14,17H2,1-4H3/t19-,21+,22+,26+,27+,28-,29-/m0/s1. The zero-order valence-electron chi connectivity index (χ0n) is 20.5. The normalized spacial score (nSPS) is 45.5. The number of hydrogen-bond donors (Lipinski definition) is 0. The van der Waals surface area contributed by atoms with E-state index in [0.29, 0.717) is 5.92 Å². The fraction of sp³-hybridized carbons (Fsp3) is 0.586. The Hall–Kier alpha value is -2.56. The zero-order valence-corrected chi connectivity index (χ0v) is 20.5. The molecule has 0 radical (unpaired) electrons. The average molecular weight is 456 g/mol. The van der Waals surface area contributed by atoms with Gasteiger partial charge in [-0.05, 0) is 66.9 Å². The first-order valence-corrected chi connectivity index (χ1v) is 13.1. The van der Waals surface area contributed by atoms with Crippen LogP contribution in [0.1, 0.15) is 76.6 Å². The summed E-state index contributed by atoms with van der Waals surface area (Å²) >= 11 is 0. The molecule has 1 aromatic carbocycles. The molecule has 2 aliphatic heterocycles. The Bertz CT molecular complexity index is 1490. The molecule has 3 heterocycles. The summed E-state index contributed by atoms with van der Waals surface area (Å²) in [6.07, 6.45) is 14.4. The molecule has 7 atom stereocenters. The minimum absolute atomic E-state index is 0.0234. The molecule has 5 heteroatoms. The first kappa shape index (κ1) is 19.7. The molecule has 2 fully saturated rings. The number of allylic oxidation sites excluding steroid dienone is 4. The van der Waals surface area contributed by atoms with E-state index >= 15 is 0 Å². The molecule has 2 aromatic rings. The summed E-state index contributed by atoms with van der Waals surface area (Å²) in [5.74, 6) is 0.575. The van der Waals surface area contributed by atoms with E-state index in [1.165, 1.54) is 17.5 Å². The van der Waals surface area contributed by atoms with Crippen molar-refractivity contribution < 1.29 is 0 Å². The van der Waals surface area contributed by atoms with Crippen molar-refractivity contribution in [1.29, 1.82) is 0 Å². The third-order valence-corrected chi connectivity index (χ3v) is 12.3. The van der Waals surface area contributed by atoms with Gasteiger partial charge in [-0.3, -0.25) is 0 Å². The quantitative estimate of drug-likeness (QED) is 0.596. The molecule has 176 valence electrons. The van der Waals surface area contributed by atoms with Crippen molar-refractivity contribution >= 4 is 0 Å². The van der Waals surface area contributed by atoms with Gasteiger partial charge in [-0.25, -0.2) is 23.5 Å². The highest BCUT2D eigenvalue weighted by molar-refractivity contribution is 5.59. The van der Waals surface area contributed by atoms with Gasteiger partial charge in [0.15, 0.2) is 0 Å². The summed E-state index contributed by atoms with van der Waals surface area (Å²) in [7, 11) is 0. The molecule has 34 heavy (non-hydrogen) atoms. The van der Waals surface area contributed by atoms with E-state index in [1.807, 2.05) is 9.36 Å². The van der Waals surface area contributed by atoms with Crippen molar-refractivity contribution in [1.82, 2.24) is 13.9 Å². The Morgan fingerprint density at radius 1 is 0.941 bits per heavy atom. The van der Waals surface area contributed by atoms with E-state index in [1.54, 1.807) is 4.57 Å². The molecule has 0 spiro atoms. The molecule has 5 nitrogen and oxygen atoms in total. The van der Waals surface area contributed by atoms with Crippen LogP contribution in [-0.2, 0) is 17.4 Å². The number of aromatic nitrogens is 3. The summed E-state index contributed by atoms with van der Waals surface area (Å²) in [5.41, 5.74) is 1.59. The number of nitrogens with zero attached hydrogens (tertiary/aromatic N) is 3. The van der Waals surface area contributed by atoms with E-state index in [9.17, 15) is 9.59 Å². The van der Waals surface area contributed by atoms with E-state index < -0.39 is 5.54 Å². The van der Waals surface area contributed by atoms with Gasteiger partial charge in [-0.1, -0.05) is 69.3 Å². The number of aryl methyl sites for hydroxylation is 1. The minimum atomic E-state index is -0.609. The fourth-order valence-corrected chi connectivity index (χ4v) is 10.0. The van der Waals surface area contributed by atoms with Crippen LogP contribution in [0.2, 0.25) is 0 Å². The van der Waals surface area contributed by atoms with Crippen LogP contribution < -0.4 is 11.4 Å². The molecular weight excluding hydrogens is 422 g/mol. The molecule has 1 aromatic heterocycles. The second-order valence-corrected chi connectivity index (χ2v) is 13.0. The zero-order chi connectivity index (χ0) is 23.5. The summed E-state index contributed by atoms with van der Waals surface area (Å²) in [4.78, 5) is 28.6. The van der Waals surface area contributed by atoms with Gasteiger partial charge in [0.1, 0.15) is 0 Å². The largest absolute Gasteiger partial charge is 0.348 e. The van der Waals surface area contributed by atoms with Crippen molar-refractivity contribution in [2.75, 3.05) is 0 Å². The van der Waals surface area contributed by atoms with Gasteiger partial charge in [0.25, 0.3) is 0 Å². The molecule has 2 saturated carbocycles. The second-order valence-electron chi connectivity index (χ2n) is 13.0. The molecular formula is C29H33N3O2. The monoisotopic (exact) mass is 455 g/mol. The summed E-state index contributed by atoms with van der Waals surface area (Å²) < 4.78 is 5.42. The van der Waals surface area contributed by atoms with Gasteiger partial charge >= 0.3 is 11.4 Å². The first-order valence-electron chi connectivity index (χ1n) is 13.1. The van der Waals surface area contributed by atoms with Crippen molar-refractivity contribution in [3.05, 3.63) is 80.7 Å². The van der Waals surface area contributed by atoms with Gasteiger partial charge in [0, 0.05) is 11.5 Å². The highest BCUT2D eigenvalue weighted by Crippen LogP contribution is 2.73. The van der Waals surface area contributed by atoms with Crippen molar-refractivity contribution in [3.8, 4) is 0 Å². The lowest BCUT2D eigenvalue weighted by Gasteiger charge is -2.71. The topological polar surface area (TPSA) is 48.9 Å². The third kappa shape index (κ3) is 1.59. The van der Waals surface area contributed by atoms with Gasteiger partial charge in [0.2, 0.25) is 0 Å². The van der Waals surface area contributed by atoms with E-state index in [2.05, 4.69) is 76.3 Å². The Morgan fingerprint density at radius 2 is 1.74 bits per heavy atom. The summed E-state index contributed by atoms with van der Waals surface area (Å²) in [6, 6.07) is 8.62. The SMILES string of the molecule is CC1(C)[C@H]2CC[C@]1(C)[C@H](n1c(=O)n3n(c1=O)[C@]1(C)C=C[C@@H]3[C@]34C=C[C@]13c1ccccc1CC4)C2. The molecule has 0 saturated heterocycles. The van der Waals surface area contributed by atoms with Crippen LogP contribution in [-0.4, -0.2) is 13.9 Å². The predicted molar refractivity (Wildman–Crippen MR) is 131 cm³/mol. The Labute approximate surface area is 199 Å². The first-order chi connectivity index (χ1) is 16.1. The summed E-state index contributed by atoms with van der Waals surface area (Å²) in [5, 5.41) is 0. The van der Waals surface area contributed by atoms with Crippen molar-refractivity contribution in [2.45, 2.75) is 82.8 Å². The second kappa shape index (κ2) is 5.32. The highest BCUT2D eigenvalue weighted by Gasteiger charge is 2.74. The lowest BCUT2D eigenvalue weighted by atomic mass is 9.37. The molecule has 9 rings (SSSR count). The minimum Gasteiger partial charge on any atom is -0.246 e. The number of hydrogen-bond acceptors (Lipinski definition) is 2. The van der Waals surface area contributed by atoms with E-state index in [4.69, 9.17) is 0 Å². The highest BCUT2D eigenvalue weighted by atomic mass is 16.2. The van der Waals surface area contributed by atoms with Crippen LogP contribution in [0.15, 0.2) is 58.2 Å². The van der Waals surface area contributed by atoms with E-state index in [0.717, 1.165) is 25.7 Å². The number of benzene rings is 1. The van der Waals surface area contributed by atoms with Crippen LogP contribution in [0.5, 0.6) is 0 Å². The number of rotatable bonds is 1. The summed E-state index contributed by atoms with van der Waals surface area (Å²) in [6.45, 7) is 9.21. The fourth-order valence-electron chi connectivity index (χ4n) is 10.0. The average Bonchev–Trinajstić information content (AvgIpc) is 3.26. The number of fused-ring (bicyclic) bond motifs is 3. The van der Waals surface area contributed by atoms with Gasteiger partial charge < -0.3 is 0 Å². The van der Waals surface area contributed by atoms with E-state index in [-0.39, 0.29) is 45.1 Å². The Balaban J connectivity index is 1.42.